The second-order valence-electron chi connectivity index (χ2n) is 3.67. The van der Waals surface area contributed by atoms with Crippen molar-refractivity contribution in [2.45, 2.75) is 25.4 Å². The largest absolute Gasteiger partial charge is 0.393 e. The molecule has 0 aliphatic heterocycles. The molecule has 0 aliphatic rings. The van der Waals surface area contributed by atoms with Gasteiger partial charge in [-0.2, -0.15) is 0 Å². The van der Waals surface area contributed by atoms with Crippen molar-refractivity contribution in [3.8, 4) is 0 Å². The van der Waals surface area contributed by atoms with Crippen LogP contribution in [0, 0.1) is 0 Å². The third-order valence-corrected chi connectivity index (χ3v) is 2.51. The lowest BCUT2D eigenvalue weighted by Crippen LogP contribution is -2.03. The number of hydrogen-bond acceptors (Lipinski definition) is 3. The Bertz CT molecular complexity index is 305. The highest BCUT2D eigenvalue weighted by molar-refractivity contribution is 5.51. The van der Waals surface area contributed by atoms with Crippen molar-refractivity contribution in [1.29, 1.82) is 0 Å². The van der Waals surface area contributed by atoms with Crippen LogP contribution >= 0.6 is 0 Å². The maximum Gasteiger partial charge on any atom is 0.120 e. The lowest BCUT2D eigenvalue weighted by Gasteiger charge is -2.11. The molecular formula is C12H16O3. The molecule has 15 heavy (non-hydrogen) atoms. The molecule has 0 aliphatic carbocycles. The molecule has 0 heterocycles. The molecular weight excluding hydrogens is 192 g/mol. The van der Waals surface area contributed by atoms with Crippen molar-refractivity contribution in [2.75, 3.05) is 6.61 Å². The summed E-state index contributed by atoms with van der Waals surface area (Å²) in [7, 11) is 0. The number of carbonyl (C=O) groups excluding carboxylic acids is 1. The van der Waals surface area contributed by atoms with E-state index in [2.05, 4.69) is 0 Å². The predicted molar refractivity (Wildman–Crippen MR) is 57.6 cm³/mol. The number of aliphatic hydroxyl groups is 2. The summed E-state index contributed by atoms with van der Waals surface area (Å²) in [5.41, 5.74) is 1.76. The number of aliphatic hydroxyl groups excluding tert-OH is 2. The Morgan fingerprint density at radius 2 is 1.80 bits per heavy atom. The number of hydrogen-bond donors (Lipinski definition) is 2. The molecule has 0 radical (unpaired) electrons. The second-order valence-corrected chi connectivity index (χ2v) is 3.67. The fourth-order valence-electron chi connectivity index (χ4n) is 1.43. The Morgan fingerprint density at radius 1 is 1.27 bits per heavy atom. The Hall–Kier alpha value is -1.19. The maximum atomic E-state index is 10.3. The van der Waals surface area contributed by atoms with E-state index < -0.39 is 6.10 Å². The summed E-state index contributed by atoms with van der Waals surface area (Å²) in [6.45, 7) is 1.70. The standard InChI is InChI=1S/C12H16O3/c1-9(6-7-13)10-2-4-11(5-3-10)12(15)8-14/h2-5,7,9,12,14-15H,6,8H2,1H3. The van der Waals surface area contributed by atoms with Crippen molar-refractivity contribution in [1.82, 2.24) is 0 Å². The van der Waals surface area contributed by atoms with E-state index in [0.717, 1.165) is 11.8 Å². The van der Waals surface area contributed by atoms with Crippen LogP contribution in [-0.2, 0) is 4.79 Å². The summed E-state index contributed by atoms with van der Waals surface area (Å²) in [4.78, 5) is 10.3. The molecule has 3 heteroatoms. The molecule has 0 amide bonds. The molecule has 2 unspecified atom stereocenters. The Morgan fingerprint density at radius 3 is 2.27 bits per heavy atom. The molecule has 0 spiro atoms. The summed E-state index contributed by atoms with van der Waals surface area (Å²) >= 11 is 0. The molecule has 3 nitrogen and oxygen atoms in total. The minimum atomic E-state index is -0.819. The second kappa shape index (κ2) is 5.63. The Balaban J connectivity index is 2.75. The molecule has 2 N–H and O–H groups in total. The summed E-state index contributed by atoms with van der Waals surface area (Å²) in [6, 6.07) is 7.31. The van der Waals surface area contributed by atoms with Gasteiger partial charge in [-0.3, -0.25) is 0 Å². The van der Waals surface area contributed by atoms with Crippen molar-refractivity contribution in [3.05, 3.63) is 35.4 Å². The lowest BCUT2D eigenvalue weighted by molar-refractivity contribution is -0.108. The van der Waals surface area contributed by atoms with Crippen molar-refractivity contribution in [3.63, 3.8) is 0 Å². The fourth-order valence-corrected chi connectivity index (χ4v) is 1.43. The molecule has 0 bridgehead atoms. The first-order valence-electron chi connectivity index (χ1n) is 5.01. The SMILES string of the molecule is CC(CC=O)c1ccc(C(O)CO)cc1. The smallest absolute Gasteiger partial charge is 0.120 e. The van der Waals surface area contributed by atoms with Gasteiger partial charge in [0, 0.05) is 6.42 Å². The van der Waals surface area contributed by atoms with Crippen LogP contribution < -0.4 is 0 Å². The van der Waals surface area contributed by atoms with Gasteiger partial charge in [0.1, 0.15) is 12.4 Å². The number of rotatable bonds is 5. The zero-order valence-corrected chi connectivity index (χ0v) is 8.76. The summed E-state index contributed by atoms with van der Waals surface area (Å²) < 4.78 is 0. The summed E-state index contributed by atoms with van der Waals surface area (Å²) in [6.07, 6.45) is 0.587. The third-order valence-electron chi connectivity index (χ3n) is 2.51. The highest BCUT2D eigenvalue weighted by Crippen LogP contribution is 2.20. The van der Waals surface area contributed by atoms with Gasteiger partial charge in [0.2, 0.25) is 0 Å². The summed E-state index contributed by atoms with van der Waals surface area (Å²) in [5, 5.41) is 18.1. The topological polar surface area (TPSA) is 57.5 Å². The number of carbonyl (C=O) groups is 1. The van der Waals surface area contributed by atoms with Gasteiger partial charge in [-0.15, -0.1) is 0 Å². The van der Waals surface area contributed by atoms with Gasteiger partial charge < -0.3 is 15.0 Å². The zero-order chi connectivity index (χ0) is 11.3. The van der Waals surface area contributed by atoms with Crippen LogP contribution in [-0.4, -0.2) is 23.1 Å². The maximum absolute atomic E-state index is 10.3. The monoisotopic (exact) mass is 208 g/mol. The van der Waals surface area contributed by atoms with Crippen LogP contribution in [0.2, 0.25) is 0 Å². The van der Waals surface area contributed by atoms with E-state index in [1.165, 1.54) is 0 Å². The minimum absolute atomic E-state index is 0.197. The Labute approximate surface area is 89.4 Å². The van der Waals surface area contributed by atoms with Crippen LogP contribution in [0.25, 0.3) is 0 Å². The highest BCUT2D eigenvalue weighted by Gasteiger charge is 2.08. The third kappa shape index (κ3) is 3.15. The predicted octanol–water partition coefficient (Wildman–Crippen LogP) is 1.40. The lowest BCUT2D eigenvalue weighted by atomic mass is 9.96. The van der Waals surface area contributed by atoms with E-state index in [1.807, 2.05) is 19.1 Å². The normalized spacial score (nSPS) is 14.6. The quantitative estimate of drug-likeness (QED) is 0.719. The number of aldehydes is 1. The Kier molecular flexibility index (Phi) is 4.46. The van der Waals surface area contributed by atoms with E-state index in [1.54, 1.807) is 12.1 Å². The highest BCUT2D eigenvalue weighted by atomic mass is 16.3. The first-order valence-corrected chi connectivity index (χ1v) is 5.01. The van der Waals surface area contributed by atoms with E-state index >= 15 is 0 Å². The molecule has 2 atom stereocenters. The number of benzene rings is 1. The molecule has 0 saturated carbocycles. The van der Waals surface area contributed by atoms with Gasteiger partial charge in [0.15, 0.2) is 0 Å². The molecule has 0 fully saturated rings. The van der Waals surface area contributed by atoms with Crippen LogP contribution in [0.3, 0.4) is 0 Å². The average Bonchev–Trinajstić information content (AvgIpc) is 2.28. The van der Waals surface area contributed by atoms with E-state index in [0.29, 0.717) is 12.0 Å². The molecule has 82 valence electrons. The van der Waals surface area contributed by atoms with E-state index in [9.17, 15) is 9.90 Å². The fraction of sp³-hybridized carbons (Fsp3) is 0.417. The van der Waals surface area contributed by atoms with Gasteiger partial charge >= 0.3 is 0 Å². The van der Waals surface area contributed by atoms with Gasteiger partial charge in [-0.05, 0) is 17.0 Å². The van der Waals surface area contributed by atoms with Crippen molar-refractivity contribution >= 4 is 6.29 Å². The van der Waals surface area contributed by atoms with E-state index in [4.69, 9.17) is 5.11 Å². The first-order chi connectivity index (χ1) is 7.19. The molecule has 0 saturated heterocycles. The van der Waals surface area contributed by atoms with E-state index in [-0.39, 0.29) is 12.5 Å². The van der Waals surface area contributed by atoms with Crippen LogP contribution in [0.5, 0.6) is 0 Å². The zero-order valence-electron chi connectivity index (χ0n) is 8.76. The molecule has 0 aromatic heterocycles. The van der Waals surface area contributed by atoms with Gasteiger partial charge in [0.25, 0.3) is 0 Å². The molecule has 1 rings (SSSR count). The van der Waals surface area contributed by atoms with Gasteiger partial charge in [0.05, 0.1) is 6.61 Å². The molecule has 1 aromatic rings. The average molecular weight is 208 g/mol. The minimum Gasteiger partial charge on any atom is -0.393 e. The summed E-state index contributed by atoms with van der Waals surface area (Å²) in [5.74, 6) is 0.197. The van der Waals surface area contributed by atoms with Gasteiger partial charge in [-0.1, -0.05) is 31.2 Å². The molecule has 1 aromatic carbocycles. The van der Waals surface area contributed by atoms with Gasteiger partial charge in [-0.25, -0.2) is 0 Å². The van der Waals surface area contributed by atoms with Crippen LogP contribution in [0.15, 0.2) is 24.3 Å². The van der Waals surface area contributed by atoms with Crippen molar-refractivity contribution in [2.24, 2.45) is 0 Å². The van der Waals surface area contributed by atoms with Crippen molar-refractivity contribution < 1.29 is 15.0 Å². The van der Waals surface area contributed by atoms with Crippen LogP contribution in [0.1, 0.15) is 36.5 Å². The van der Waals surface area contributed by atoms with Crippen LogP contribution in [0.4, 0.5) is 0 Å². The first kappa shape index (κ1) is 11.9.